The van der Waals surface area contributed by atoms with Gasteiger partial charge in [0.1, 0.15) is 5.76 Å². The molecular weight excluding hydrogens is 304 g/mol. The molecule has 0 atom stereocenters. The van der Waals surface area contributed by atoms with Gasteiger partial charge in [-0.3, -0.25) is 4.79 Å². The van der Waals surface area contributed by atoms with Gasteiger partial charge in [0.2, 0.25) is 15.9 Å². The molecule has 2 rings (SSSR count). The van der Waals surface area contributed by atoms with E-state index in [-0.39, 0.29) is 10.8 Å². The van der Waals surface area contributed by atoms with E-state index in [9.17, 15) is 13.2 Å². The molecule has 0 saturated carbocycles. The number of amides is 1. The summed E-state index contributed by atoms with van der Waals surface area (Å²) in [4.78, 5) is 11.9. The number of carbonyl (C=O) groups is 1. The minimum Gasteiger partial charge on any atom is -0.465 e. The summed E-state index contributed by atoms with van der Waals surface area (Å²) in [6.07, 6.45) is 4.34. The Bertz CT molecular complexity index is 778. The van der Waals surface area contributed by atoms with E-state index in [0.29, 0.717) is 11.4 Å². The second-order valence-corrected chi connectivity index (χ2v) is 6.81. The Kier molecular flexibility index (Phi) is 4.79. The summed E-state index contributed by atoms with van der Waals surface area (Å²) in [5.41, 5.74) is 0.400. The predicted molar refractivity (Wildman–Crippen MR) is 83.7 cm³/mol. The van der Waals surface area contributed by atoms with Crippen LogP contribution in [0.4, 0.5) is 5.69 Å². The number of hydrogen-bond acceptors (Lipinski definition) is 4. The molecule has 0 saturated heterocycles. The van der Waals surface area contributed by atoms with Crippen LogP contribution in [-0.2, 0) is 14.8 Å². The van der Waals surface area contributed by atoms with Gasteiger partial charge in [0.05, 0.1) is 11.2 Å². The molecule has 0 unspecified atom stereocenters. The molecule has 2 aromatic rings. The number of rotatable bonds is 5. The fraction of sp³-hybridized carbons (Fsp3) is 0.133. The first-order valence-electron chi connectivity index (χ1n) is 6.45. The zero-order chi connectivity index (χ0) is 16.2. The van der Waals surface area contributed by atoms with E-state index in [2.05, 4.69) is 5.32 Å². The van der Waals surface area contributed by atoms with Crippen LogP contribution in [0.15, 0.2) is 58.1 Å². The summed E-state index contributed by atoms with van der Waals surface area (Å²) in [5.74, 6) is 0.176. The van der Waals surface area contributed by atoms with Crippen LogP contribution < -0.4 is 5.32 Å². The third kappa shape index (κ3) is 3.84. The number of hydrogen-bond donors (Lipinski definition) is 1. The predicted octanol–water partition coefficient (Wildman–Crippen LogP) is 2.18. The number of furan rings is 1. The summed E-state index contributed by atoms with van der Waals surface area (Å²) in [6.45, 7) is 0. The fourth-order valence-electron chi connectivity index (χ4n) is 1.67. The largest absolute Gasteiger partial charge is 0.465 e. The van der Waals surface area contributed by atoms with Crippen molar-refractivity contribution in [2.75, 3.05) is 19.4 Å². The minimum absolute atomic E-state index is 0.116. The van der Waals surface area contributed by atoms with Crippen LogP contribution in [0.1, 0.15) is 5.76 Å². The summed E-state index contributed by atoms with van der Waals surface area (Å²) < 4.78 is 30.3. The lowest BCUT2D eigenvalue weighted by atomic mass is 10.3. The Labute approximate surface area is 129 Å². The smallest absolute Gasteiger partial charge is 0.248 e. The van der Waals surface area contributed by atoms with E-state index >= 15 is 0 Å². The number of benzene rings is 1. The highest BCUT2D eigenvalue weighted by atomic mass is 32.2. The SMILES string of the molecule is CN(C)S(=O)(=O)c1cccc(NC(=O)/C=C/c2ccco2)c1. The van der Waals surface area contributed by atoms with E-state index in [1.807, 2.05) is 0 Å². The zero-order valence-electron chi connectivity index (χ0n) is 12.2. The Morgan fingerprint density at radius 1 is 1.23 bits per heavy atom. The third-order valence-corrected chi connectivity index (χ3v) is 4.63. The molecule has 0 fully saturated rings. The molecule has 6 nitrogen and oxygen atoms in total. The average molecular weight is 320 g/mol. The molecule has 0 radical (unpaired) electrons. The third-order valence-electron chi connectivity index (χ3n) is 2.82. The summed E-state index contributed by atoms with van der Waals surface area (Å²) in [7, 11) is -0.632. The van der Waals surface area contributed by atoms with Gasteiger partial charge < -0.3 is 9.73 Å². The quantitative estimate of drug-likeness (QED) is 0.856. The number of anilines is 1. The topological polar surface area (TPSA) is 79.6 Å². The van der Waals surface area contributed by atoms with Gasteiger partial charge in [0.15, 0.2) is 0 Å². The van der Waals surface area contributed by atoms with Crippen molar-refractivity contribution < 1.29 is 17.6 Å². The molecule has 0 aliphatic rings. The van der Waals surface area contributed by atoms with Gasteiger partial charge in [0, 0.05) is 25.9 Å². The molecule has 0 bridgehead atoms. The van der Waals surface area contributed by atoms with Gasteiger partial charge in [-0.2, -0.15) is 0 Å². The molecule has 0 aliphatic carbocycles. The Hall–Kier alpha value is -2.38. The first-order chi connectivity index (χ1) is 10.4. The molecule has 1 aromatic carbocycles. The maximum Gasteiger partial charge on any atom is 0.248 e. The van der Waals surface area contributed by atoms with Gasteiger partial charge in [-0.05, 0) is 36.4 Å². The van der Waals surface area contributed by atoms with Crippen molar-refractivity contribution in [3.05, 3.63) is 54.5 Å². The van der Waals surface area contributed by atoms with Gasteiger partial charge in [-0.1, -0.05) is 6.07 Å². The van der Waals surface area contributed by atoms with Gasteiger partial charge in [-0.25, -0.2) is 12.7 Å². The van der Waals surface area contributed by atoms with E-state index < -0.39 is 10.0 Å². The van der Waals surface area contributed by atoms with Crippen LogP contribution in [0.3, 0.4) is 0 Å². The van der Waals surface area contributed by atoms with Gasteiger partial charge in [0.25, 0.3) is 0 Å². The van der Waals surface area contributed by atoms with Crippen molar-refractivity contribution in [2.45, 2.75) is 4.90 Å². The molecule has 0 aliphatic heterocycles. The van der Waals surface area contributed by atoms with Crippen LogP contribution in [-0.4, -0.2) is 32.7 Å². The summed E-state index contributed by atoms with van der Waals surface area (Å²) >= 11 is 0. The maximum atomic E-state index is 12.0. The molecule has 22 heavy (non-hydrogen) atoms. The fourth-order valence-corrected chi connectivity index (χ4v) is 2.62. The lowest BCUT2D eigenvalue weighted by Crippen LogP contribution is -2.22. The summed E-state index contributed by atoms with van der Waals surface area (Å²) in [6, 6.07) is 9.51. The van der Waals surface area contributed by atoms with Crippen molar-refractivity contribution in [3.8, 4) is 0 Å². The van der Waals surface area contributed by atoms with E-state index in [1.165, 1.54) is 44.6 Å². The number of nitrogens with one attached hydrogen (secondary N) is 1. The summed E-state index contributed by atoms with van der Waals surface area (Å²) in [5, 5.41) is 2.61. The molecular formula is C15H16N2O4S. The highest BCUT2D eigenvalue weighted by Gasteiger charge is 2.17. The standard InChI is InChI=1S/C15H16N2O4S/c1-17(2)22(19,20)14-7-3-5-12(11-14)16-15(18)9-8-13-6-4-10-21-13/h3-11H,1-2H3,(H,16,18)/b9-8+. The number of sulfonamides is 1. The monoisotopic (exact) mass is 320 g/mol. The van der Waals surface area contributed by atoms with Gasteiger partial charge >= 0.3 is 0 Å². The van der Waals surface area contributed by atoms with Crippen molar-refractivity contribution in [1.29, 1.82) is 0 Å². The van der Waals surface area contributed by atoms with E-state index in [4.69, 9.17) is 4.42 Å². The van der Waals surface area contributed by atoms with Crippen LogP contribution >= 0.6 is 0 Å². The maximum absolute atomic E-state index is 12.0. The Morgan fingerprint density at radius 3 is 2.64 bits per heavy atom. The zero-order valence-corrected chi connectivity index (χ0v) is 13.0. The lowest BCUT2D eigenvalue weighted by Gasteiger charge is -2.12. The van der Waals surface area contributed by atoms with Crippen molar-refractivity contribution in [3.63, 3.8) is 0 Å². The Balaban J connectivity index is 2.12. The van der Waals surface area contributed by atoms with Crippen LogP contribution in [0, 0.1) is 0 Å². The van der Waals surface area contributed by atoms with Crippen molar-refractivity contribution in [1.82, 2.24) is 4.31 Å². The molecule has 0 spiro atoms. The molecule has 1 amide bonds. The highest BCUT2D eigenvalue weighted by Crippen LogP contribution is 2.18. The van der Waals surface area contributed by atoms with Crippen LogP contribution in [0.25, 0.3) is 6.08 Å². The van der Waals surface area contributed by atoms with Crippen molar-refractivity contribution >= 4 is 27.7 Å². The second-order valence-electron chi connectivity index (χ2n) is 4.65. The van der Waals surface area contributed by atoms with E-state index in [0.717, 1.165) is 4.31 Å². The first kappa shape index (κ1) is 16.0. The normalized spacial score (nSPS) is 12.0. The number of nitrogens with zero attached hydrogens (tertiary/aromatic N) is 1. The number of carbonyl (C=O) groups excluding carboxylic acids is 1. The second kappa shape index (κ2) is 6.59. The van der Waals surface area contributed by atoms with E-state index in [1.54, 1.807) is 24.3 Å². The molecule has 116 valence electrons. The van der Waals surface area contributed by atoms with Crippen molar-refractivity contribution in [2.24, 2.45) is 0 Å². The van der Waals surface area contributed by atoms with Crippen LogP contribution in [0.2, 0.25) is 0 Å². The Morgan fingerprint density at radius 2 is 2.00 bits per heavy atom. The first-order valence-corrected chi connectivity index (χ1v) is 7.89. The molecule has 1 N–H and O–H groups in total. The molecule has 1 aromatic heterocycles. The average Bonchev–Trinajstić information content (AvgIpc) is 2.98. The van der Waals surface area contributed by atoms with Crippen LogP contribution in [0.5, 0.6) is 0 Å². The highest BCUT2D eigenvalue weighted by molar-refractivity contribution is 7.89. The minimum atomic E-state index is -3.53. The molecule has 1 heterocycles. The molecule has 7 heteroatoms. The van der Waals surface area contributed by atoms with Gasteiger partial charge in [-0.15, -0.1) is 0 Å². The lowest BCUT2D eigenvalue weighted by molar-refractivity contribution is -0.111.